The van der Waals surface area contributed by atoms with Crippen LogP contribution < -0.4 is 31.1 Å². The van der Waals surface area contributed by atoms with Crippen LogP contribution in [0, 0.1) is 18.2 Å². The predicted molar refractivity (Wildman–Crippen MR) is 202 cm³/mol. The molecule has 3 aromatic carbocycles. The van der Waals surface area contributed by atoms with Crippen LogP contribution >= 0.6 is 0 Å². The van der Waals surface area contributed by atoms with Gasteiger partial charge in [-0.1, -0.05) is 6.07 Å². The average molecular weight is 743 g/mol. The van der Waals surface area contributed by atoms with E-state index in [2.05, 4.69) is 45.9 Å². The van der Waals surface area contributed by atoms with Gasteiger partial charge in [-0.2, -0.15) is 4.98 Å². The monoisotopic (exact) mass is 742 g/mol. The molecule has 4 aliphatic rings. The highest BCUT2D eigenvalue weighted by Gasteiger charge is 2.45. The van der Waals surface area contributed by atoms with E-state index in [9.17, 15) is 28.4 Å². The van der Waals surface area contributed by atoms with Crippen molar-refractivity contribution in [2.75, 3.05) is 65.0 Å². The Balaban J connectivity index is 0.823. The summed E-state index contributed by atoms with van der Waals surface area (Å²) in [7, 11) is 0. The minimum Gasteiger partial charge on any atom is -0.369 e. The Hall–Kier alpha value is -6.86. The lowest BCUT2D eigenvalue weighted by atomic mass is 10.0. The van der Waals surface area contributed by atoms with Gasteiger partial charge < -0.3 is 25.8 Å². The van der Waals surface area contributed by atoms with E-state index in [1.807, 2.05) is 36.3 Å². The first-order chi connectivity index (χ1) is 26.6. The highest BCUT2D eigenvalue weighted by Crippen LogP contribution is 2.33. The van der Waals surface area contributed by atoms with Crippen LogP contribution in [0.4, 0.5) is 44.6 Å². The standard InChI is InChI=1S/C39H35FN10O5/c1-2-33(51)42-24-4-3-5-25(18-24)43-35-31(40)20-41-39(46-35)44-23-6-8-26(9-7-23)47-14-16-48(17-15-47)28-21-49(22-28)27-10-11-29-30(19-27)38(55)50(37(29)54)32-12-13-34(52)45-36(32)53/h1,3-11,18-20,28,32H,12-17,21-22H2,(H,42,51)(H,45,52,53)(H2,41,43,44,46). The lowest BCUT2D eigenvalue weighted by Gasteiger charge is -2.49. The number of anilines is 7. The molecule has 0 aliphatic carbocycles. The van der Waals surface area contributed by atoms with Gasteiger partial charge in [-0.3, -0.25) is 39.1 Å². The molecule has 1 aromatic heterocycles. The number of piperidine rings is 1. The van der Waals surface area contributed by atoms with Gasteiger partial charge in [0.15, 0.2) is 11.6 Å². The molecule has 8 rings (SSSR count). The topological polar surface area (TPSA) is 172 Å². The number of halogens is 1. The summed E-state index contributed by atoms with van der Waals surface area (Å²) >= 11 is 0. The summed E-state index contributed by atoms with van der Waals surface area (Å²) in [5.74, 6) is -1.14. The molecule has 0 spiro atoms. The van der Waals surface area contributed by atoms with Crippen molar-refractivity contribution >= 4 is 69.7 Å². The number of hydrogen-bond donors (Lipinski definition) is 4. The second kappa shape index (κ2) is 14.5. The molecule has 16 heteroatoms. The largest absolute Gasteiger partial charge is 0.369 e. The van der Waals surface area contributed by atoms with Crippen molar-refractivity contribution in [3.05, 3.63) is 89.9 Å². The Labute approximate surface area is 314 Å². The summed E-state index contributed by atoms with van der Waals surface area (Å²) in [6.45, 7) is 5.04. The molecule has 3 saturated heterocycles. The number of amides is 5. The third-order valence-corrected chi connectivity index (χ3v) is 10.2. The van der Waals surface area contributed by atoms with Crippen molar-refractivity contribution in [1.82, 2.24) is 25.1 Å². The number of carbonyl (C=O) groups is 5. The van der Waals surface area contributed by atoms with Crippen LogP contribution in [0.25, 0.3) is 0 Å². The van der Waals surface area contributed by atoms with Crippen LogP contribution in [0.5, 0.6) is 0 Å². The van der Waals surface area contributed by atoms with Gasteiger partial charge in [0.2, 0.25) is 17.8 Å². The molecule has 4 aliphatic heterocycles. The molecule has 278 valence electrons. The first-order valence-corrected chi connectivity index (χ1v) is 17.8. The number of benzene rings is 3. The SMILES string of the molecule is C#CC(=O)Nc1cccc(Nc2nc(Nc3ccc(N4CCN(C5CN(c6ccc7c(c6)C(=O)N(C6CCC(=O)NC6=O)C7=O)C5)CC4)cc3)ncc2F)c1. The zero-order valence-corrected chi connectivity index (χ0v) is 29.4. The second-order valence-corrected chi connectivity index (χ2v) is 13.6. The summed E-state index contributed by atoms with van der Waals surface area (Å²) in [5, 5.41) is 10.8. The van der Waals surface area contributed by atoms with Gasteiger partial charge in [-0.05, 0) is 73.0 Å². The number of aromatic nitrogens is 2. The van der Waals surface area contributed by atoms with Gasteiger partial charge in [0, 0.05) is 80.2 Å². The molecule has 0 bridgehead atoms. The van der Waals surface area contributed by atoms with Gasteiger partial charge in [-0.25, -0.2) is 9.37 Å². The molecule has 1 atom stereocenters. The van der Waals surface area contributed by atoms with Gasteiger partial charge in [0.25, 0.3) is 17.7 Å². The van der Waals surface area contributed by atoms with E-state index in [1.165, 1.54) is 0 Å². The first kappa shape index (κ1) is 35.2. The molecule has 55 heavy (non-hydrogen) atoms. The minimum absolute atomic E-state index is 0.0424. The third-order valence-electron chi connectivity index (χ3n) is 10.2. The van der Waals surface area contributed by atoms with Crippen LogP contribution in [0.2, 0.25) is 0 Å². The zero-order chi connectivity index (χ0) is 38.2. The summed E-state index contributed by atoms with van der Waals surface area (Å²) in [6.07, 6.45) is 6.40. The van der Waals surface area contributed by atoms with Crippen LogP contribution in [0.15, 0.2) is 72.9 Å². The number of rotatable bonds is 9. The van der Waals surface area contributed by atoms with E-state index < -0.39 is 41.4 Å². The lowest BCUT2D eigenvalue weighted by Crippen LogP contribution is -2.63. The highest BCUT2D eigenvalue weighted by molar-refractivity contribution is 6.23. The number of nitrogens with zero attached hydrogens (tertiary/aromatic N) is 6. The number of carbonyl (C=O) groups excluding carboxylic acids is 5. The van der Waals surface area contributed by atoms with E-state index in [0.29, 0.717) is 17.4 Å². The fraction of sp³-hybridized carbons (Fsp3) is 0.256. The average Bonchev–Trinajstić information content (AvgIpc) is 3.41. The zero-order valence-electron chi connectivity index (χ0n) is 29.4. The van der Waals surface area contributed by atoms with Crippen LogP contribution in [0.3, 0.4) is 0 Å². The molecule has 15 nitrogen and oxygen atoms in total. The number of nitrogens with one attached hydrogen (secondary N) is 4. The molecule has 5 amide bonds. The number of fused-ring (bicyclic) bond motifs is 1. The lowest BCUT2D eigenvalue weighted by molar-refractivity contribution is -0.136. The molecule has 4 N–H and O–H groups in total. The summed E-state index contributed by atoms with van der Waals surface area (Å²) in [5.41, 5.74) is 4.16. The number of piperazine rings is 1. The van der Waals surface area contributed by atoms with E-state index >= 15 is 0 Å². The summed E-state index contributed by atoms with van der Waals surface area (Å²) in [6, 6.07) is 19.1. The maximum atomic E-state index is 14.6. The van der Waals surface area contributed by atoms with Gasteiger partial charge >= 0.3 is 0 Å². The van der Waals surface area contributed by atoms with Crippen molar-refractivity contribution in [2.24, 2.45) is 0 Å². The smallest absolute Gasteiger partial charge is 0.300 e. The Morgan fingerprint density at radius 1 is 0.836 bits per heavy atom. The normalized spacial score (nSPS) is 18.7. The molecule has 0 saturated carbocycles. The van der Waals surface area contributed by atoms with Gasteiger partial charge in [-0.15, -0.1) is 6.42 Å². The molecule has 3 fully saturated rings. The molecule has 1 unspecified atom stereocenters. The number of terminal acetylenes is 1. The Morgan fingerprint density at radius 2 is 1.56 bits per heavy atom. The van der Waals surface area contributed by atoms with E-state index in [4.69, 9.17) is 6.42 Å². The molecule has 4 aromatic rings. The number of imide groups is 2. The maximum absolute atomic E-state index is 14.6. The second-order valence-electron chi connectivity index (χ2n) is 13.6. The Bertz CT molecular complexity index is 2260. The molecule has 5 heterocycles. The van der Waals surface area contributed by atoms with E-state index in [0.717, 1.165) is 67.4 Å². The third kappa shape index (κ3) is 7.12. The van der Waals surface area contributed by atoms with Crippen molar-refractivity contribution in [3.8, 4) is 12.3 Å². The molecular formula is C39H35FN10O5. The minimum atomic E-state index is -0.988. The summed E-state index contributed by atoms with van der Waals surface area (Å²) in [4.78, 5) is 78.2. The maximum Gasteiger partial charge on any atom is 0.300 e. The first-order valence-electron chi connectivity index (χ1n) is 17.8. The predicted octanol–water partition coefficient (Wildman–Crippen LogP) is 3.09. The molecular weight excluding hydrogens is 707 g/mol. The Morgan fingerprint density at radius 3 is 2.31 bits per heavy atom. The van der Waals surface area contributed by atoms with Gasteiger partial charge in [0.05, 0.1) is 17.3 Å². The van der Waals surface area contributed by atoms with E-state index in [1.54, 1.807) is 36.4 Å². The van der Waals surface area contributed by atoms with Crippen molar-refractivity contribution < 1.29 is 28.4 Å². The fourth-order valence-electron chi connectivity index (χ4n) is 7.28. The van der Waals surface area contributed by atoms with Gasteiger partial charge in [0.1, 0.15) is 6.04 Å². The number of hydrogen-bond acceptors (Lipinski definition) is 12. The van der Waals surface area contributed by atoms with E-state index in [-0.39, 0.29) is 35.7 Å². The quantitative estimate of drug-likeness (QED) is 0.146. The summed E-state index contributed by atoms with van der Waals surface area (Å²) < 4.78 is 14.6. The van der Waals surface area contributed by atoms with Crippen LogP contribution in [-0.4, -0.2) is 101 Å². The van der Waals surface area contributed by atoms with Crippen molar-refractivity contribution in [1.29, 1.82) is 0 Å². The van der Waals surface area contributed by atoms with Crippen LogP contribution in [-0.2, 0) is 14.4 Å². The van der Waals surface area contributed by atoms with Crippen molar-refractivity contribution in [3.63, 3.8) is 0 Å². The Kier molecular flexibility index (Phi) is 9.29. The fourth-order valence-corrected chi connectivity index (χ4v) is 7.28. The van der Waals surface area contributed by atoms with Crippen molar-refractivity contribution in [2.45, 2.75) is 24.9 Å². The van der Waals surface area contributed by atoms with Crippen LogP contribution in [0.1, 0.15) is 33.6 Å². The molecule has 0 radical (unpaired) electrons. The highest BCUT2D eigenvalue weighted by atomic mass is 19.1.